The van der Waals surface area contributed by atoms with Crippen LogP contribution >= 0.6 is 11.6 Å². The van der Waals surface area contributed by atoms with Gasteiger partial charge in [0.05, 0.1) is 20.8 Å². The van der Waals surface area contributed by atoms with Crippen molar-refractivity contribution in [2.75, 3.05) is 5.32 Å². The number of amides is 1. The van der Waals surface area contributed by atoms with Gasteiger partial charge in [0, 0.05) is 23.4 Å². The summed E-state index contributed by atoms with van der Waals surface area (Å²) in [5, 5.41) is 23.8. The van der Waals surface area contributed by atoms with E-state index in [1.165, 1.54) is 12.1 Å². The highest BCUT2D eigenvalue weighted by atomic mass is 35.5. The molecule has 0 heterocycles. The van der Waals surface area contributed by atoms with E-state index in [1.54, 1.807) is 30.3 Å². The molecule has 2 fully saturated rings. The monoisotopic (exact) mass is 593 g/mol. The molecule has 0 aromatic heterocycles. The molecule has 0 radical (unpaired) electrons. The fraction of sp³-hybridized carbons (Fsp3) is 0.345. The Labute approximate surface area is 234 Å². The lowest BCUT2D eigenvalue weighted by Crippen LogP contribution is -2.49. The third-order valence-corrected chi connectivity index (χ3v) is 11.1. The van der Waals surface area contributed by atoms with Gasteiger partial charge in [0.15, 0.2) is 27.3 Å². The summed E-state index contributed by atoms with van der Waals surface area (Å²) in [7, 11) is -4.12. The summed E-state index contributed by atoms with van der Waals surface area (Å²) in [5.74, 6) is -6.55. The molecule has 40 heavy (non-hydrogen) atoms. The molecule has 6 nitrogen and oxygen atoms in total. The molecule has 212 valence electrons. The van der Waals surface area contributed by atoms with Gasteiger partial charge in [-0.1, -0.05) is 48.9 Å². The average Bonchev–Trinajstić information content (AvgIpc) is 3.14. The van der Waals surface area contributed by atoms with Crippen LogP contribution in [0.4, 0.5) is 18.9 Å². The van der Waals surface area contributed by atoms with Gasteiger partial charge in [0.2, 0.25) is 0 Å². The van der Waals surface area contributed by atoms with Gasteiger partial charge in [0.1, 0.15) is 6.10 Å². The summed E-state index contributed by atoms with van der Waals surface area (Å²) in [4.78, 5) is 12.6. The lowest BCUT2D eigenvalue weighted by atomic mass is 9.72. The minimum Gasteiger partial charge on any atom is -0.387 e. The zero-order valence-electron chi connectivity index (χ0n) is 21.3. The first-order chi connectivity index (χ1) is 18.8. The van der Waals surface area contributed by atoms with Crippen LogP contribution in [0.1, 0.15) is 48.2 Å². The van der Waals surface area contributed by atoms with Crippen LogP contribution < -0.4 is 5.32 Å². The quantitative estimate of drug-likeness (QED) is 0.319. The number of benzene rings is 3. The smallest absolute Gasteiger partial charge is 0.255 e. The molecular weight excluding hydrogens is 567 g/mol. The number of carbonyl (C=O) groups excluding carboxylic acids is 1. The van der Waals surface area contributed by atoms with Crippen molar-refractivity contribution in [2.45, 2.75) is 48.0 Å². The molecule has 0 aliphatic heterocycles. The Hall–Kier alpha value is -2.92. The van der Waals surface area contributed by atoms with E-state index in [-0.39, 0.29) is 39.9 Å². The van der Waals surface area contributed by atoms with E-state index in [4.69, 9.17) is 11.6 Å². The Morgan fingerprint density at radius 1 is 1.05 bits per heavy atom. The van der Waals surface area contributed by atoms with Crippen molar-refractivity contribution >= 4 is 33.0 Å². The first-order valence-corrected chi connectivity index (χ1v) is 14.7. The van der Waals surface area contributed by atoms with Crippen molar-refractivity contribution < 1.29 is 36.6 Å². The van der Waals surface area contributed by atoms with Gasteiger partial charge in [-0.25, -0.2) is 21.6 Å². The van der Waals surface area contributed by atoms with Crippen molar-refractivity contribution in [3.8, 4) is 0 Å². The van der Waals surface area contributed by atoms with E-state index in [0.29, 0.717) is 24.1 Å². The van der Waals surface area contributed by atoms with Crippen molar-refractivity contribution in [1.82, 2.24) is 0 Å². The van der Waals surface area contributed by atoms with Gasteiger partial charge < -0.3 is 15.5 Å². The van der Waals surface area contributed by atoms with E-state index in [2.05, 4.69) is 5.32 Å². The molecule has 1 amide bonds. The molecular formula is C29H27ClF3NO5S. The number of hydrogen-bond acceptors (Lipinski definition) is 5. The summed E-state index contributed by atoms with van der Waals surface area (Å²) < 4.78 is 68.5. The third kappa shape index (κ3) is 5.02. The van der Waals surface area contributed by atoms with Crippen molar-refractivity contribution in [2.24, 2.45) is 17.8 Å². The fourth-order valence-electron chi connectivity index (χ4n) is 6.41. The molecule has 2 bridgehead atoms. The summed E-state index contributed by atoms with van der Waals surface area (Å²) >= 11 is 6.32. The van der Waals surface area contributed by atoms with Gasteiger partial charge in [-0.2, -0.15) is 0 Å². The molecule has 3 aromatic rings. The Balaban J connectivity index is 1.43. The van der Waals surface area contributed by atoms with Crippen LogP contribution in [0.15, 0.2) is 65.6 Å². The number of fused-ring (bicyclic) bond motifs is 2. The van der Waals surface area contributed by atoms with Gasteiger partial charge >= 0.3 is 0 Å². The van der Waals surface area contributed by atoms with Crippen molar-refractivity contribution in [3.63, 3.8) is 0 Å². The third-order valence-electron chi connectivity index (χ3n) is 8.22. The number of aliphatic hydroxyl groups is 2. The van der Waals surface area contributed by atoms with E-state index in [0.717, 1.165) is 6.07 Å². The molecule has 2 aliphatic rings. The maximum absolute atomic E-state index is 14.0. The Kier molecular flexibility index (Phi) is 7.50. The van der Waals surface area contributed by atoms with Crippen LogP contribution in [0, 0.1) is 35.2 Å². The molecule has 11 heteroatoms. The summed E-state index contributed by atoms with van der Waals surface area (Å²) in [6, 6.07) is 13.6. The first-order valence-electron chi connectivity index (χ1n) is 12.8. The molecule has 4 unspecified atom stereocenters. The Morgan fingerprint density at radius 3 is 2.33 bits per heavy atom. The molecule has 3 N–H and O–H groups in total. The highest BCUT2D eigenvalue weighted by molar-refractivity contribution is 7.92. The molecule has 5 rings (SSSR count). The largest absolute Gasteiger partial charge is 0.387 e. The normalized spacial score (nSPS) is 26.9. The summed E-state index contributed by atoms with van der Waals surface area (Å²) in [5.41, 5.74) is -1.46. The number of halogens is 4. The lowest BCUT2D eigenvalue weighted by molar-refractivity contribution is -0.114. The van der Waals surface area contributed by atoms with Gasteiger partial charge in [-0.15, -0.1) is 0 Å². The van der Waals surface area contributed by atoms with E-state index in [1.807, 2.05) is 6.92 Å². The Bertz CT molecular complexity index is 1550. The van der Waals surface area contributed by atoms with Gasteiger partial charge in [-0.05, 0) is 60.8 Å². The number of rotatable bonds is 6. The predicted octanol–water partition coefficient (Wildman–Crippen LogP) is 5.68. The molecule has 0 saturated heterocycles. The topological polar surface area (TPSA) is 104 Å². The second-order valence-electron chi connectivity index (χ2n) is 10.8. The molecule has 0 spiro atoms. The summed E-state index contributed by atoms with van der Waals surface area (Å²) in [6.45, 7) is 1.92. The highest BCUT2D eigenvalue weighted by Crippen LogP contribution is 2.56. The zero-order valence-corrected chi connectivity index (χ0v) is 22.9. The second-order valence-corrected chi connectivity index (χ2v) is 13.3. The first kappa shape index (κ1) is 28.6. The number of carbonyl (C=O) groups is 1. The van der Waals surface area contributed by atoms with Crippen molar-refractivity contribution in [1.29, 1.82) is 0 Å². The van der Waals surface area contributed by atoms with E-state index < -0.39 is 62.0 Å². The maximum atomic E-state index is 14.0. The SMILES string of the molecule is C[C@@H]1C[C@H]2CC(O)(C(O)c3ccccc3)CC1C2S(=O)(=O)c1cc(C(=O)Nc2cc(F)c(F)c(F)c2)ccc1Cl. The van der Waals surface area contributed by atoms with Crippen molar-refractivity contribution in [3.05, 3.63) is 94.3 Å². The number of sulfone groups is 1. The van der Waals surface area contributed by atoms with Crippen LogP contribution in [0.25, 0.3) is 0 Å². The van der Waals surface area contributed by atoms with Crippen LogP contribution in [0.5, 0.6) is 0 Å². The molecule has 3 aromatic carbocycles. The molecule has 6 atom stereocenters. The van der Waals surface area contributed by atoms with Crippen LogP contribution in [-0.2, 0) is 9.84 Å². The van der Waals surface area contributed by atoms with Crippen LogP contribution in [0.2, 0.25) is 5.02 Å². The van der Waals surface area contributed by atoms with Gasteiger partial charge in [0.25, 0.3) is 5.91 Å². The molecule has 2 aliphatic carbocycles. The minimum atomic E-state index is -4.12. The number of anilines is 1. The summed E-state index contributed by atoms with van der Waals surface area (Å²) in [6.07, 6.45) is -0.542. The van der Waals surface area contributed by atoms with E-state index >= 15 is 0 Å². The average molecular weight is 594 g/mol. The predicted molar refractivity (Wildman–Crippen MR) is 143 cm³/mol. The molecule has 2 saturated carbocycles. The number of hydrogen-bond donors (Lipinski definition) is 3. The van der Waals surface area contributed by atoms with Crippen LogP contribution in [0.3, 0.4) is 0 Å². The maximum Gasteiger partial charge on any atom is 0.255 e. The van der Waals surface area contributed by atoms with E-state index in [9.17, 15) is 36.6 Å². The number of aliphatic hydroxyl groups excluding tert-OH is 1. The Morgan fingerprint density at radius 2 is 1.70 bits per heavy atom. The highest BCUT2D eigenvalue weighted by Gasteiger charge is 2.58. The minimum absolute atomic E-state index is 0.0596. The number of nitrogens with one attached hydrogen (secondary N) is 1. The lowest BCUT2D eigenvalue weighted by Gasteiger charge is -2.44. The fourth-order valence-corrected chi connectivity index (χ4v) is 9.32. The van der Waals surface area contributed by atoms with Gasteiger partial charge in [-0.3, -0.25) is 4.79 Å². The van der Waals surface area contributed by atoms with Crippen LogP contribution in [-0.4, -0.2) is 35.4 Å². The zero-order chi connectivity index (χ0) is 29.0. The standard InChI is InChI=1S/C29H27ClF3NO5S/c1-15-9-18-13-29(37,27(35)16-5-3-2-4-6-16)14-20(15)26(18)40(38,39)24-10-17(7-8-21(24)30)28(36)34-19-11-22(31)25(33)23(32)12-19/h2-8,10-12,15,18,20,26-27,35,37H,9,13-14H2,1H3,(H,34,36)/t15-,18+,20?,26?,27?,29?/m1/s1. The second kappa shape index (κ2) is 10.5.